The zero-order valence-corrected chi connectivity index (χ0v) is 10.2. The van der Waals surface area contributed by atoms with E-state index < -0.39 is 4.92 Å². The molecule has 0 unspecified atom stereocenters. The molecule has 0 aliphatic carbocycles. The van der Waals surface area contributed by atoms with E-state index in [2.05, 4.69) is 0 Å². The van der Waals surface area contributed by atoms with Gasteiger partial charge in [0.25, 0.3) is 5.70 Å². The normalized spacial score (nSPS) is 11.3. The number of phenolic OH excluding ortho intramolecular Hbond substituents is 1. The number of nitro groups is 1. The minimum absolute atomic E-state index is 0.0937. The molecule has 0 amide bonds. The Balaban J connectivity index is 2.28. The number of hydrogen-bond acceptors (Lipinski definition) is 3. The predicted octanol–water partition coefficient (Wildman–Crippen LogP) is 3.25. The number of aromatic hydroxyl groups is 1. The summed E-state index contributed by atoms with van der Waals surface area (Å²) in [5.74, 6) is 0.0937. The molecule has 0 fully saturated rings. The molecular formula is C15H13NO3. The summed E-state index contributed by atoms with van der Waals surface area (Å²) in [6, 6.07) is 15.7. The maximum atomic E-state index is 11.1. The molecule has 96 valence electrons. The van der Waals surface area contributed by atoms with Gasteiger partial charge in [-0.05, 0) is 23.3 Å². The fraction of sp³-hybridized carbons (Fsp3) is 0.0667. The Morgan fingerprint density at radius 1 is 1.16 bits per heavy atom. The maximum absolute atomic E-state index is 11.1. The lowest BCUT2D eigenvalue weighted by atomic mass is 10.1. The molecule has 2 rings (SSSR count). The van der Waals surface area contributed by atoms with E-state index in [0.717, 1.165) is 5.56 Å². The van der Waals surface area contributed by atoms with Gasteiger partial charge in [0.2, 0.25) is 0 Å². The van der Waals surface area contributed by atoms with Crippen LogP contribution in [0.1, 0.15) is 11.1 Å². The smallest absolute Gasteiger partial charge is 0.251 e. The number of allylic oxidation sites excluding steroid dienone is 1. The average Bonchev–Trinajstić information content (AvgIpc) is 2.39. The number of rotatable bonds is 4. The Hall–Kier alpha value is -2.62. The highest BCUT2D eigenvalue weighted by Crippen LogP contribution is 2.16. The second kappa shape index (κ2) is 5.82. The van der Waals surface area contributed by atoms with Crippen molar-refractivity contribution in [3.63, 3.8) is 0 Å². The highest BCUT2D eigenvalue weighted by molar-refractivity contribution is 5.53. The van der Waals surface area contributed by atoms with Crippen molar-refractivity contribution in [2.75, 3.05) is 0 Å². The molecule has 0 aliphatic heterocycles. The summed E-state index contributed by atoms with van der Waals surface area (Å²) in [6.45, 7) is 0. The summed E-state index contributed by atoms with van der Waals surface area (Å²) in [5.41, 5.74) is 1.59. The van der Waals surface area contributed by atoms with Crippen LogP contribution in [0.3, 0.4) is 0 Å². The Labute approximate surface area is 110 Å². The molecule has 0 spiro atoms. The number of hydrogen-bond donors (Lipinski definition) is 1. The fourth-order valence-electron chi connectivity index (χ4n) is 1.78. The highest BCUT2D eigenvalue weighted by Gasteiger charge is 2.11. The van der Waals surface area contributed by atoms with Crippen LogP contribution in [0.2, 0.25) is 0 Å². The van der Waals surface area contributed by atoms with E-state index in [-0.39, 0.29) is 17.9 Å². The molecule has 0 radical (unpaired) electrons. The minimum atomic E-state index is -0.392. The first kappa shape index (κ1) is 12.8. The van der Waals surface area contributed by atoms with Gasteiger partial charge < -0.3 is 5.11 Å². The van der Waals surface area contributed by atoms with Crippen LogP contribution < -0.4 is 0 Å². The Kier molecular flexibility index (Phi) is 3.93. The van der Waals surface area contributed by atoms with Gasteiger partial charge in [0.05, 0.1) is 11.3 Å². The molecule has 4 nitrogen and oxygen atoms in total. The molecular weight excluding hydrogens is 242 g/mol. The van der Waals surface area contributed by atoms with Crippen molar-refractivity contribution in [3.8, 4) is 5.75 Å². The summed E-state index contributed by atoms with van der Waals surface area (Å²) >= 11 is 0. The van der Waals surface area contributed by atoms with Gasteiger partial charge >= 0.3 is 0 Å². The lowest BCUT2D eigenvalue weighted by Gasteiger charge is -2.00. The third-order valence-corrected chi connectivity index (χ3v) is 2.67. The van der Waals surface area contributed by atoms with Gasteiger partial charge in [0.15, 0.2) is 0 Å². The first-order valence-corrected chi connectivity index (χ1v) is 5.83. The number of phenols is 1. The molecule has 0 bridgehead atoms. The van der Waals surface area contributed by atoms with Crippen LogP contribution in [0.5, 0.6) is 5.75 Å². The van der Waals surface area contributed by atoms with Gasteiger partial charge in [-0.15, -0.1) is 0 Å². The molecule has 0 atom stereocenters. The zero-order chi connectivity index (χ0) is 13.7. The second-order valence-electron chi connectivity index (χ2n) is 4.15. The van der Waals surface area contributed by atoms with Crippen molar-refractivity contribution in [2.45, 2.75) is 6.42 Å². The summed E-state index contributed by atoms with van der Waals surface area (Å²) in [7, 11) is 0. The first-order valence-electron chi connectivity index (χ1n) is 5.83. The van der Waals surface area contributed by atoms with E-state index in [1.165, 1.54) is 18.2 Å². The molecule has 1 N–H and O–H groups in total. The Bertz CT molecular complexity index is 606. The van der Waals surface area contributed by atoms with Crippen LogP contribution in [0.4, 0.5) is 0 Å². The first-order chi connectivity index (χ1) is 9.15. The number of benzene rings is 2. The fourth-order valence-corrected chi connectivity index (χ4v) is 1.78. The van der Waals surface area contributed by atoms with Crippen molar-refractivity contribution < 1.29 is 10.0 Å². The van der Waals surface area contributed by atoms with E-state index in [9.17, 15) is 15.2 Å². The SMILES string of the molecule is O=[N+]([O-])C(=Cc1cccc(O)c1)Cc1ccccc1. The highest BCUT2D eigenvalue weighted by atomic mass is 16.6. The molecule has 0 aliphatic rings. The quantitative estimate of drug-likeness (QED) is 0.673. The Morgan fingerprint density at radius 2 is 1.89 bits per heavy atom. The van der Waals surface area contributed by atoms with Crippen LogP contribution in [0, 0.1) is 10.1 Å². The third-order valence-electron chi connectivity index (χ3n) is 2.67. The van der Waals surface area contributed by atoms with Crippen LogP contribution in [-0.4, -0.2) is 10.0 Å². The molecule has 0 heterocycles. The molecule has 19 heavy (non-hydrogen) atoms. The van der Waals surface area contributed by atoms with E-state index in [0.29, 0.717) is 5.56 Å². The van der Waals surface area contributed by atoms with E-state index >= 15 is 0 Å². The molecule has 2 aromatic carbocycles. The van der Waals surface area contributed by atoms with Gasteiger partial charge in [-0.25, -0.2) is 0 Å². The van der Waals surface area contributed by atoms with Crippen molar-refractivity contribution in [3.05, 3.63) is 81.5 Å². The predicted molar refractivity (Wildman–Crippen MR) is 73.2 cm³/mol. The summed E-state index contributed by atoms with van der Waals surface area (Å²) in [6.07, 6.45) is 1.73. The summed E-state index contributed by atoms with van der Waals surface area (Å²) < 4.78 is 0. The lowest BCUT2D eigenvalue weighted by Crippen LogP contribution is -2.02. The molecule has 0 aromatic heterocycles. The zero-order valence-electron chi connectivity index (χ0n) is 10.2. The second-order valence-corrected chi connectivity index (χ2v) is 4.15. The van der Waals surface area contributed by atoms with Crippen LogP contribution in [0.15, 0.2) is 60.3 Å². The molecule has 0 saturated heterocycles. The van der Waals surface area contributed by atoms with Gasteiger partial charge in [-0.3, -0.25) is 10.1 Å². The minimum Gasteiger partial charge on any atom is -0.508 e. The summed E-state index contributed by atoms with van der Waals surface area (Å²) in [4.78, 5) is 10.7. The van der Waals surface area contributed by atoms with Gasteiger partial charge in [-0.2, -0.15) is 0 Å². The van der Waals surface area contributed by atoms with Crippen molar-refractivity contribution in [1.29, 1.82) is 0 Å². The topological polar surface area (TPSA) is 63.4 Å². The van der Waals surface area contributed by atoms with Crippen LogP contribution in [0.25, 0.3) is 6.08 Å². The van der Waals surface area contributed by atoms with E-state index in [4.69, 9.17) is 0 Å². The molecule has 2 aromatic rings. The maximum Gasteiger partial charge on any atom is 0.251 e. The Morgan fingerprint density at radius 3 is 2.53 bits per heavy atom. The molecule has 0 saturated carbocycles. The van der Waals surface area contributed by atoms with Crippen LogP contribution in [-0.2, 0) is 6.42 Å². The standard InChI is InChI=1S/C15H13NO3/c17-15-8-4-7-13(11-15)10-14(16(18)19)9-12-5-2-1-3-6-12/h1-8,10-11,17H,9H2. The van der Waals surface area contributed by atoms with Crippen molar-refractivity contribution >= 4 is 6.08 Å². The lowest BCUT2D eigenvalue weighted by molar-refractivity contribution is -0.425. The van der Waals surface area contributed by atoms with Gasteiger partial charge in [-0.1, -0.05) is 42.5 Å². The monoisotopic (exact) mass is 255 g/mol. The van der Waals surface area contributed by atoms with E-state index in [1.54, 1.807) is 12.1 Å². The van der Waals surface area contributed by atoms with Gasteiger partial charge in [0, 0.05) is 6.08 Å². The van der Waals surface area contributed by atoms with Crippen molar-refractivity contribution in [1.82, 2.24) is 0 Å². The van der Waals surface area contributed by atoms with Crippen LogP contribution >= 0.6 is 0 Å². The third kappa shape index (κ3) is 3.67. The van der Waals surface area contributed by atoms with E-state index in [1.807, 2.05) is 30.3 Å². The van der Waals surface area contributed by atoms with Gasteiger partial charge in [0.1, 0.15) is 5.75 Å². The van der Waals surface area contributed by atoms with Crippen molar-refractivity contribution in [2.24, 2.45) is 0 Å². The largest absolute Gasteiger partial charge is 0.508 e. The molecule has 4 heteroatoms. The average molecular weight is 255 g/mol. The number of nitrogens with zero attached hydrogens (tertiary/aromatic N) is 1. The summed E-state index contributed by atoms with van der Waals surface area (Å²) in [5, 5.41) is 20.4.